The fourth-order valence-electron chi connectivity index (χ4n) is 2.68. The number of nitrogens with one attached hydrogen (secondary N) is 1. The first-order chi connectivity index (χ1) is 12.0. The highest BCUT2D eigenvalue weighted by molar-refractivity contribution is 6.34. The van der Waals surface area contributed by atoms with Crippen LogP contribution in [-0.4, -0.2) is 29.8 Å². The van der Waals surface area contributed by atoms with E-state index in [1.165, 1.54) is 10.9 Å². The van der Waals surface area contributed by atoms with Gasteiger partial charge in [-0.3, -0.25) is 14.3 Å². The summed E-state index contributed by atoms with van der Waals surface area (Å²) < 4.78 is 1.51. The van der Waals surface area contributed by atoms with Crippen LogP contribution in [0.4, 0.5) is 11.4 Å². The van der Waals surface area contributed by atoms with Crippen molar-refractivity contribution in [1.29, 1.82) is 0 Å². The van der Waals surface area contributed by atoms with Gasteiger partial charge in [0.1, 0.15) is 6.54 Å². The molecule has 0 radical (unpaired) electrons. The lowest BCUT2D eigenvalue weighted by Gasteiger charge is -2.19. The standard InChI is InChI=1S/C18H17ClN4O2/c1-22(2)18-13(19)7-5-8-14(18)21-17(25)11-23-15-9-4-3-6-12(15)16(24)10-20-23/h3-10H,11H2,1-2H3,(H,21,25). The number of aromatic nitrogens is 2. The molecule has 1 amide bonds. The quantitative estimate of drug-likeness (QED) is 0.780. The molecule has 0 spiro atoms. The summed E-state index contributed by atoms with van der Waals surface area (Å²) in [6.07, 6.45) is 1.22. The van der Waals surface area contributed by atoms with Crippen LogP contribution in [0.25, 0.3) is 10.9 Å². The van der Waals surface area contributed by atoms with E-state index in [1.807, 2.05) is 19.0 Å². The summed E-state index contributed by atoms with van der Waals surface area (Å²) in [5.74, 6) is -0.258. The Balaban J connectivity index is 1.89. The number of nitrogens with zero attached hydrogens (tertiary/aromatic N) is 3. The maximum atomic E-state index is 12.5. The minimum absolute atomic E-state index is 0.0137. The number of hydrogen-bond donors (Lipinski definition) is 1. The van der Waals surface area contributed by atoms with Crippen molar-refractivity contribution >= 4 is 39.8 Å². The molecule has 0 saturated carbocycles. The van der Waals surface area contributed by atoms with Crippen LogP contribution in [0.1, 0.15) is 0 Å². The minimum Gasteiger partial charge on any atom is -0.375 e. The second-order valence-corrected chi connectivity index (χ2v) is 6.17. The third-order valence-corrected chi connectivity index (χ3v) is 4.07. The van der Waals surface area contributed by atoms with Crippen LogP contribution in [0.2, 0.25) is 5.02 Å². The van der Waals surface area contributed by atoms with Gasteiger partial charge in [0.15, 0.2) is 0 Å². The zero-order chi connectivity index (χ0) is 18.0. The Hall–Kier alpha value is -2.86. The average Bonchev–Trinajstić information content (AvgIpc) is 2.57. The van der Waals surface area contributed by atoms with Gasteiger partial charge in [-0.25, -0.2) is 0 Å². The molecular weight excluding hydrogens is 340 g/mol. The zero-order valence-electron chi connectivity index (χ0n) is 13.9. The minimum atomic E-state index is -0.258. The average molecular weight is 357 g/mol. The fourth-order valence-corrected chi connectivity index (χ4v) is 3.03. The first-order valence-corrected chi connectivity index (χ1v) is 8.05. The van der Waals surface area contributed by atoms with Gasteiger partial charge in [0.25, 0.3) is 0 Å². The third kappa shape index (κ3) is 3.49. The van der Waals surface area contributed by atoms with Crippen molar-refractivity contribution in [3.05, 3.63) is 63.9 Å². The number of amides is 1. The second-order valence-electron chi connectivity index (χ2n) is 5.76. The molecule has 3 rings (SSSR count). The van der Waals surface area contributed by atoms with Crippen LogP contribution < -0.4 is 15.6 Å². The van der Waals surface area contributed by atoms with E-state index in [2.05, 4.69) is 10.4 Å². The molecule has 128 valence electrons. The highest BCUT2D eigenvalue weighted by atomic mass is 35.5. The zero-order valence-corrected chi connectivity index (χ0v) is 14.6. The molecule has 3 aromatic rings. The van der Waals surface area contributed by atoms with Crippen molar-refractivity contribution in [2.45, 2.75) is 6.54 Å². The molecule has 0 saturated heterocycles. The van der Waals surface area contributed by atoms with Gasteiger partial charge in [-0.05, 0) is 24.3 Å². The van der Waals surface area contributed by atoms with Gasteiger partial charge in [0.05, 0.1) is 28.1 Å². The third-order valence-electron chi connectivity index (χ3n) is 3.76. The molecule has 0 fully saturated rings. The molecule has 25 heavy (non-hydrogen) atoms. The van der Waals surface area contributed by atoms with Gasteiger partial charge in [0, 0.05) is 19.5 Å². The molecule has 0 aliphatic heterocycles. The van der Waals surface area contributed by atoms with Crippen molar-refractivity contribution in [2.24, 2.45) is 0 Å². The molecular formula is C18H17ClN4O2. The van der Waals surface area contributed by atoms with E-state index in [9.17, 15) is 9.59 Å². The first kappa shape index (κ1) is 17.0. The number of para-hydroxylation sites is 2. The molecule has 6 nitrogen and oxygen atoms in total. The number of halogens is 1. The Labute approximate surface area is 149 Å². The van der Waals surface area contributed by atoms with E-state index in [0.29, 0.717) is 21.6 Å². The van der Waals surface area contributed by atoms with Crippen LogP contribution >= 0.6 is 11.6 Å². The van der Waals surface area contributed by atoms with Gasteiger partial charge in [-0.2, -0.15) is 5.10 Å². The van der Waals surface area contributed by atoms with Gasteiger partial charge < -0.3 is 10.2 Å². The van der Waals surface area contributed by atoms with Crippen LogP contribution in [-0.2, 0) is 11.3 Å². The lowest BCUT2D eigenvalue weighted by atomic mass is 10.2. The van der Waals surface area contributed by atoms with Gasteiger partial charge in [0.2, 0.25) is 11.3 Å². The summed E-state index contributed by atoms with van der Waals surface area (Å²) in [5, 5.41) is 8.01. The van der Waals surface area contributed by atoms with Crippen LogP contribution in [0, 0.1) is 0 Å². The fraction of sp³-hybridized carbons (Fsp3) is 0.167. The molecule has 2 aromatic carbocycles. The van der Waals surface area contributed by atoms with Gasteiger partial charge in [-0.1, -0.05) is 29.8 Å². The normalized spacial score (nSPS) is 10.7. The van der Waals surface area contributed by atoms with E-state index in [1.54, 1.807) is 42.5 Å². The number of anilines is 2. The highest BCUT2D eigenvalue weighted by Crippen LogP contribution is 2.32. The van der Waals surface area contributed by atoms with E-state index in [4.69, 9.17) is 11.6 Å². The van der Waals surface area contributed by atoms with E-state index < -0.39 is 0 Å². The van der Waals surface area contributed by atoms with E-state index in [-0.39, 0.29) is 17.9 Å². The molecule has 0 unspecified atom stereocenters. The second kappa shape index (κ2) is 6.94. The molecule has 0 atom stereocenters. The Morgan fingerprint density at radius 1 is 1.20 bits per heavy atom. The van der Waals surface area contributed by atoms with Crippen molar-refractivity contribution < 1.29 is 4.79 Å². The Kier molecular flexibility index (Phi) is 4.72. The van der Waals surface area contributed by atoms with E-state index in [0.717, 1.165) is 5.69 Å². The SMILES string of the molecule is CN(C)c1c(Cl)cccc1NC(=O)Cn1ncc(=O)c2ccccc21. The summed E-state index contributed by atoms with van der Waals surface area (Å²) in [6.45, 7) is -0.0137. The summed E-state index contributed by atoms with van der Waals surface area (Å²) >= 11 is 6.22. The number of fused-ring (bicyclic) bond motifs is 1. The summed E-state index contributed by atoms with van der Waals surface area (Å²) in [7, 11) is 3.71. The predicted molar refractivity (Wildman–Crippen MR) is 100 cm³/mol. The largest absolute Gasteiger partial charge is 0.375 e. The molecule has 1 N–H and O–H groups in total. The Bertz CT molecular complexity index is 998. The van der Waals surface area contributed by atoms with Gasteiger partial charge in [-0.15, -0.1) is 0 Å². The summed E-state index contributed by atoms with van der Waals surface area (Å²) in [4.78, 5) is 26.2. The molecule has 0 aliphatic carbocycles. The molecule has 0 aliphatic rings. The summed E-state index contributed by atoms with van der Waals surface area (Å²) in [5.41, 5.74) is 1.80. The number of carbonyl (C=O) groups excluding carboxylic acids is 1. The highest BCUT2D eigenvalue weighted by Gasteiger charge is 2.13. The molecule has 1 heterocycles. The van der Waals surface area contributed by atoms with Crippen LogP contribution in [0.5, 0.6) is 0 Å². The van der Waals surface area contributed by atoms with Crippen LogP contribution in [0.3, 0.4) is 0 Å². The number of carbonyl (C=O) groups is 1. The lowest BCUT2D eigenvalue weighted by molar-refractivity contribution is -0.116. The van der Waals surface area contributed by atoms with Crippen LogP contribution in [0.15, 0.2) is 53.5 Å². The lowest BCUT2D eigenvalue weighted by Crippen LogP contribution is -2.23. The van der Waals surface area contributed by atoms with Crippen molar-refractivity contribution in [3.63, 3.8) is 0 Å². The monoisotopic (exact) mass is 356 g/mol. The number of rotatable bonds is 4. The summed E-state index contributed by atoms with van der Waals surface area (Å²) in [6, 6.07) is 12.4. The Morgan fingerprint density at radius 2 is 1.96 bits per heavy atom. The molecule has 7 heteroatoms. The smallest absolute Gasteiger partial charge is 0.246 e. The van der Waals surface area contributed by atoms with Crippen molar-refractivity contribution in [2.75, 3.05) is 24.3 Å². The van der Waals surface area contributed by atoms with Crippen molar-refractivity contribution in [3.8, 4) is 0 Å². The molecule has 0 bridgehead atoms. The molecule has 1 aromatic heterocycles. The number of hydrogen-bond acceptors (Lipinski definition) is 4. The first-order valence-electron chi connectivity index (χ1n) is 7.68. The van der Waals surface area contributed by atoms with Crippen molar-refractivity contribution in [1.82, 2.24) is 9.78 Å². The Morgan fingerprint density at radius 3 is 2.72 bits per heavy atom. The maximum absolute atomic E-state index is 12.5. The van der Waals surface area contributed by atoms with Gasteiger partial charge >= 0.3 is 0 Å². The van der Waals surface area contributed by atoms with E-state index >= 15 is 0 Å². The topological polar surface area (TPSA) is 67.2 Å². The maximum Gasteiger partial charge on any atom is 0.246 e. The predicted octanol–water partition coefficient (Wildman–Crippen LogP) is 2.75. The number of benzene rings is 2.